The van der Waals surface area contributed by atoms with Gasteiger partial charge in [0, 0.05) is 13.6 Å². The molecule has 2 rings (SSSR count). The molecule has 0 saturated heterocycles. The van der Waals surface area contributed by atoms with Crippen molar-refractivity contribution in [3.8, 4) is 0 Å². The Morgan fingerprint density at radius 2 is 2.14 bits per heavy atom. The van der Waals surface area contributed by atoms with Gasteiger partial charge in [0.2, 0.25) is 5.91 Å². The average Bonchev–Trinajstić information content (AvgIpc) is 2.47. The summed E-state index contributed by atoms with van der Waals surface area (Å²) in [6.45, 7) is 2.78. The second-order valence-corrected chi connectivity index (χ2v) is 7.14. The SMILES string of the molecule is CCCN(C)S(=O)(=O)NC(=O)C[C@@H]1OCCc2ccccc21. The third-order valence-electron chi connectivity index (χ3n) is 3.65. The van der Waals surface area contributed by atoms with E-state index in [2.05, 4.69) is 4.72 Å². The van der Waals surface area contributed by atoms with Gasteiger partial charge in [0.05, 0.1) is 19.1 Å². The van der Waals surface area contributed by atoms with Gasteiger partial charge >= 0.3 is 10.2 Å². The van der Waals surface area contributed by atoms with Crippen molar-refractivity contribution in [2.24, 2.45) is 0 Å². The zero-order valence-electron chi connectivity index (χ0n) is 12.9. The zero-order chi connectivity index (χ0) is 16.2. The van der Waals surface area contributed by atoms with E-state index in [1.807, 2.05) is 31.2 Å². The lowest BCUT2D eigenvalue weighted by atomic mass is 9.96. The highest BCUT2D eigenvalue weighted by molar-refractivity contribution is 7.87. The lowest BCUT2D eigenvalue weighted by molar-refractivity contribution is -0.122. The Morgan fingerprint density at radius 1 is 1.41 bits per heavy atom. The van der Waals surface area contributed by atoms with Crippen molar-refractivity contribution in [3.63, 3.8) is 0 Å². The third kappa shape index (κ3) is 4.06. The molecule has 122 valence electrons. The minimum absolute atomic E-state index is 0.00376. The minimum atomic E-state index is -3.77. The number of rotatable bonds is 6. The predicted molar refractivity (Wildman–Crippen MR) is 83.4 cm³/mol. The van der Waals surface area contributed by atoms with Crippen LogP contribution >= 0.6 is 0 Å². The fourth-order valence-corrected chi connectivity index (χ4v) is 3.46. The Balaban J connectivity index is 2.02. The van der Waals surface area contributed by atoms with Crippen molar-refractivity contribution in [1.29, 1.82) is 0 Å². The van der Waals surface area contributed by atoms with E-state index in [1.165, 1.54) is 7.05 Å². The summed E-state index contributed by atoms with van der Waals surface area (Å²) in [6.07, 6.45) is 1.10. The van der Waals surface area contributed by atoms with E-state index < -0.39 is 22.2 Å². The topological polar surface area (TPSA) is 75.7 Å². The molecule has 0 aliphatic carbocycles. The smallest absolute Gasteiger partial charge is 0.303 e. The van der Waals surface area contributed by atoms with E-state index >= 15 is 0 Å². The van der Waals surface area contributed by atoms with Crippen molar-refractivity contribution >= 4 is 16.1 Å². The fraction of sp³-hybridized carbons (Fsp3) is 0.533. The van der Waals surface area contributed by atoms with Crippen molar-refractivity contribution in [3.05, 3.63) is 35.4 Å². The summed E-state index contributed by atoms with van der Waals surface area (Å²) in [7, 11) is -2.32. The average molecular weight is 326 g/mol. The molecule has 0 unspecified atom stereocenters. The van der Waals surface area contributed by atoms with E-state index in [4.69, 9.17) is 4.74 Å². The number of ether oxygens (including phenoxy) is 1. The maximum atomic E-state index is 12.0. The van der Waals surface area contributed by atoms with Gasteiger partial charge in [0.25, 0.3) is 0 Å². The van der Waals surface area contributed by atoms with Crippen LogP contribution in [0.5, 0.6) is 0 Å². The first-order chi connectivity index (χ1) is 10.4. The molecular weight excluding hydrogens is 304 g/mol. The molecule has 0 saturated carbocycles. The number of carbonyl (C=O) groups is 1. The first-order valence-electron chi connectivity index (χ1n) is 7.40. The molecule has 1 aliphatic heterocycles. The molecule has 1 aromatic rings. The molecule has 22 heavy (non-hydrogen) atoms. The van der Waals surface area contributed by atoms with Crippen LogP contribution in [0.3, 0.4) is 0 Å². The van der Waals surface area contributed by atoms with Crippen molar-refractivity contribution in [2.75, 3.05) is 20.2 Å². The van der Waals surface area contributed by atoms with E-state index in [0.717, 1.165) is 21.9 Å². The Morgan fingerprint density at radius 3 is 2.86 bits per heavy atom. The molecule has 0 spiro atoms. The van der Waals surface area contributed by atoms with Gasteiger partial charge in [-0.05, 0) is 24.0 Å². The zero-order valence-corrected chi connectivity index (χ0v) is 13.7. The number of nitrogens with zero attached hydrogens (tertiary/aromatic N) is 1. The summed E-state index contributed by atoms with van der Waals surface area (Å²) in [5, 5.41) is 0. The molecule has 1 amide bonds. The first-order valence-corrected chi connectivity index (χ1v) is 8.84. The molecule has 1 atom stereocenters. The Kier molecular flexibility index (Phi) is 5.55. The monoisotopic (exact) mass is 326 g/mol. The molecule has 0 radical (unpaired) electrons. The Labute approximate surface area is 131 Å². The number of fused-ring (bicyclic) bond motifs is 1. The number of benzene rings is 1. The van der Waals surface area contributed by atoms with Gasteiger partial charge < -0.3 is 4.74 Å². The second-order valence-electron chi connectivity index (χ2n) is 5.36. The largest absolute Gasteiger partial charge is 0.373 e. The van der Waals surface area contributed by atoms with Crippen molar-refractivity contribution < 1.29 is 17.9 Å². The number of nitrogens with one attached hydrogen (secondary N) is 1. The van der Waals surface area contributed by atoms with Crippen molar-refractivity contribution in [1.82, 2.24) is 9.03 Å². The van der Waals surface area contributed by atoms with Gasteiger partial charge in [0.1, 0.15) is 0 Å². The molecule has 1 heterocycles. The molecule has 7 heteroatoms. The Hall–Kier alpha value is -1.44. The van der Waals surface area contributed by atoms with Gasteiger partial charge in [-0.2, -0.15) is 12.7 Å². The molecule has 0 fully saturated rings. The number of hydrogen-bond acceptors (Lipinski definition) is 4. The van der Waals surface area contributed by atoms with Crippen LogP contribution in [0.4, 0.5) is 0 Å². The summed E-state index contributed by atoms with van der Waals surface area (Å²) in [5.74, 6) is -0.551. The lowest BCUT2D eigenvalue weighted by Gasteiger charge is -2.26. The van der Waals surface area contributed by atoms with Crippen LogP contribution in [0.2, 0.25) is 0 Å². The maximum absolute atomic E-state index is 12.0. The second kappa shape index (κ2) is 7.21. The summed E-state index contributed by atoms with van der Waals surface area (Å²) in [4.78, 5) is 12.0. The molecule has 6 nitrogen and oxygen atoms in total. The van der Waals surface area contributed by atoms with Crippen molar-refractivity contribution in [2.45, 2.75) is 32.3 Å². The van der Waals surface area contributed by atoms with Crippen LogP contribution in [0, 0.1) is 0 Å². The van der Waals surface area contributed by atoms with E-state index in [9.17, 15) is 13.2 Å². The highest BCUT2D eigenvalue weighted by Gasteiger charge is 2.26. The summed E-state index contributed by atoms with van der Waals surface area (Å²) in [6, 6.07) is 7.77. The van der Waals surface area contributed by atoms with Crippen LogP contribution in [0.15, 0.2) is 24.3 Å². The molecular formula is C15H22N2O4S. The van der Waals surface area contributed by atoms with Gasteiger partial charge in [-0.25, -0.2) is 4.72 Å². The first kappa shape index (κ1) is 16.9. The van der Waals surface area contributed by atoms with E-state index in [0.29, 0.717) is 19.6 Å². The summed E-state index contributed by atoms with van der Waals surface area (Å²) >= 11 is 0. The van der Waals surface area contributed by atoms with Gasteiger partial charge in [-0.15, -0.1) is 0 Å². The van der Waals surface area contributed by atoms with Crippen LogP contribution in [0.25, 0.3) is 0 Å². The summed E-state index contributed by atoms with van der Waals surface area (Å²) in [5.41, 5.74) is 2.11. The van der Waals surface area contributed by atoms with Gasteiger partial charge in [-0.1, -0.05) is 31.2 Å². The minimum Gasteiger partial charge on any atom is -0.373 e. The number of carbonyl (C=O) groups excluding carboxylic acids is 1. The Bertz CT molecular complexity index is 630. The van der Waals surface area contributed by atoms with E-state index in [1.54, 1.807) is 0 Å². The molecule has 0 bridgehead atoms. The number of amides is 1. The standard InChI is InChI=1S/C15H22N2O4S/c1-3-9-17(2)22(19,20)16-15(18)11-14-13-7-5-4-6-12(13)8-10-21-14/h4-7,14H,3,8-11H2,1-2H3,(H,16,18)/t14-/m0/s1. The highest BCUT2D eigenvalue weighted by Crippen LogP contribution is 2.29. The van der Waals surface area contributed by atoms with Crippen LogP contribution in [-0.2, 0) is 26.2 Å². The van der Waals surface area contributed by atoms with Crippen LogP contribution in [0.1, 0.15) is 37.0 Å². The van der Waals surface area contributed by atoms with Crippen LogP contribution in [-0.4, -0.2) is 38.8 Å². The predicted octanol–water partition coefficient (Wildman–Crippen LogP) is 1.39. The lowest BCUT2D eigenvalue weighted by Crippen LogP contribution is -2.42. The molecule has 1 aliphatic rings. The van der Waals surface area contributed by atoms with Crippen LogP contribution < -0.4 is 4.72 Å². The molecule has 0 aromatic heterocycles. The maximum Gasteiger partial charge on any atom is 0.303 e. The normalized spacial score (nSPS) is 18.0. The third-order valence-corrected chi connectivity index (χ3v) is 5.14. The highest BCUT2D eigenvalue weighted by atomic mass is 32.2. The summed E-state index contributed by atoms with van der Waals surface area (Å²) < 4.78 is 32.8. The van der Waals surface area contributed by atoms with Gasteiger partial charge in [-0.3, -0.25) is 4.79 Å². The molecule has 1 N–H and O–H groups in total. The van der Waals surface area contributed by atoms with Gasteiger partial charge in [0.15, 0.2) is 0 Å². The molecule has 1 aromatic carbocycles. The quantitative estimate of drug-likeness (QED) is 0.857. The van der Waals surface area contributed by atoms with E-state index in [-0.39, 0.29) is 6.42 Å². The number of hydrogen-bond donors (Lipinski definition) is 1. The fourth-order valence-electron chi connectivity index (χ4n) is 2.51.